The van der Waals surface area contributed by atoms with Crippen molar-refractivity contribution in [3.05, 3.63) is 57.8 Å². The Morgan fingerprint density at radius 1 is 1.04 bits per heavy atom. The number of amides is 2. The number of carbonyl (C=O) groups excluding carboxylic acids is 2. The Balaban J connectivity index is 2.20. The number of alkyl halides is 1. The molecule has 1 heterocycles. The largest absolute Gasteiger partial charge is 0.332 e. The smallest absolute Gasteiger partial charge is 0.242 e. The first kappa shape index (κ1) is 22.4. The normalized spacial score (nSPS) is 12.1. The fraction of sp³-hybridized carbons (Fsp3) is 0.455. The molecular formula is C22H29ClN2O2S. The minimum Gasteiger partial charge on any atom is -0.332 e. The van der Waals surface area contributed by atoms with Crippen LogP contribution in [-0.4, -0.2) is 40.1 Å². The van der Waals surface area contributed by atoms with Gasteiger partial charge in [-0.1, -0.05) is 44.2 Å². The Kier molecular flexibility index (Phi) is 8.52. The van der Waals surface area contributed by atoms with Crippen molar-refractivity contribution in [1.82, 2.24) is 9.80 Å². The van der Waals surface area contributed by atoms with Gasteiger partial charge in [0.15, 0.2) is 0 Å². The summed E-state index contributed by atoms with van der Waals surface area (Å²) < 4.78 is 0. The lowest BCUT2D eigenvalue weighted by molar-refractivity contribution is -0.141. The monoisotopic (exact) mass is 420 g/mol. The summed E-state index contributed by atoms with van der Waals surface area (Å²) in [7, 11) is 0. The van der Waals surface area contributed by atoms with Gasteiger partial charge in [0.25, 0.3) is 0 Å². The Morgan fingerprint density at radius 3 is 2.25 bits per heavy atom. The number of hydrogen-bond donors (Lipinski definition) is 0. The molecule has 0 fully saturated rings. The van der Waals surface area contributed by atoms with E-state index >= 15 is 0 Å². The van der Waals surface area contributed by atoms with E-state index in [2.05, 4.69) is 13.0 Å². The van der Waals surface area contributed by atoms with Crippen molar-refractivity contribution in [2.24, 2.45) is 5.92 Å². The van der Waals surface area contributed by atoms with Crippen LogP contribution in [-0.2, 0) is 22.7 Å². The number of rotatable bonds is 9. The fourth-order valence-electron chi connectivity index (χ4n) is 2.96. The van der Waals surface area contributed by atoms with E-state index in [1.807, 2.05) is 54.5 Å². The van der Waals surface area contributed by atoms with Crippen molar-refractivity contribution < 1.29 is 9.59 Å². The first-order chi connectivity index (χ1) is 13.3. The van der Waals surface area contributed by atoms with E-state index in [9.17, 15) is 9.59 Å². The van der Waals surface area contributed by atoms with Crippen molar-refractivity contribution in [3.8, 4) is 0 Å². The first-order valence-corrected chi connectivity index (χ1v) is 10.9. The summed E-state index contributed by atoms with van der Waals surface area (Å²) in [6, 6.07) is 12.0. The number of benzene rings is 1. The Labute approximate surface area is 177 Å². The van der Waals surface area contributed by atoms with Gasteiger partial charge in [-0.05, 0) is 42.3 Å². The highest BCUT2D eigenvalue weighted by Crippen LogP contribution is 2.20. The highest BCUT2D eigenvalue weighted by Gasteiger charge is 2.25. The topological polar surface area (TPSA) is 40.6 Å². The lowest BCUT2D eigenvalue weighted by atomic mass is 10.1. The van der Waals surface area contributed by atoms with Crippen LogP contribution >= 0.6 is 22.9 Å². The highest BCUT2D eigenvalue weighted by atomic mass is 35.5. The number of nitrogens with zero attached hydrogens (tertiary/aromatic N) is 2. The third kappa shape index (κ3) is 6.64. The maximum absolute atomic E-state index is 13.2. The molecule has 0 saturated carbocycles. The van der Waals surface area contributed by atoms with E-state index in [1.54, 1.807) is 23.2 Å². The molecule has 1 aromatic heterocycles. The van der Waals surface area contributed by atoms with Gasteiger partial charge in [0.2, 0.25) is 11.8 Å². The number of aryl methyl sites for hydroxylation is 1. The van der Waals surface area contributed by atoms with Gasteiger partial charge < -0.3 is 9.80 Å². The zero-order valence-electron chi connectivity index (χ0n) is 17.0. The molecule has 2 amide bonds. The highest BCUT2D eigenvalue weighted by molar-refractivity contribution is 7.10. The van der Waals surface area contributed by atoms with Crippen LogP contribution in [0.15, 0.2) is 41.8 Å². The summed E-state index contributed by atoms with van der Waals surface area (Å²) in [5, 5.41) is 1.40. The number of hydrogen-bond acceptors (Lipinski definition) is 3. The molecular weight excluding hydrogens is 392 g/mol. The van der Waals surface area contributed by atoms with Crippen LogP contribution < -0.4 is 0 Å². The molecule has 0 spiro atoms. The van der Waals surface area contributed by atoms with Crippen molar-refractivity contribution >= 4 is 34.8 Å². The molecule has 6 heteroatoms. The quantitative estimate of drug-likeness (QED) is 0.552. The second-order valence-corrected chi connectivity index (χ2v) is 9.15. The van der Waals surface area contributed by atoms with Crippen LogP contribution in [0.1, 0.15) is 36.8 Å². The van der Waals surface area contributed by atoms with Gasteiger partial charge in [-0.2, -0.15) is 0 Å². The van der Waals surface area contributed by atoms with E-state index in [4.69, 9.17) is 11.6 Å². The van der Waals surface area contributed by atoms with E-state index in [0.717, 1.165) is 10.4 Å². The Hall–Kier alpha value is -1.85. The van der Waals surface area contributed by atoms with Gasteiger partial charge in [0.05, 0.1) is 13.1 Å². The third-order valence-electron chi connectivity index (χ3n) is 4.44. The van der Waals surface area contributed by atoms with Crippen LogP contribution in [0, 0.1) is 12.8 Å². The number of thiophene rings is 1. The number of carbonyl (C=O) groups is 2. The van der Waals surface area contributed by atoms with E-state index < -0.39 is 5.38 Å². The van der Waals surface area contributed by atoms with Crippen LogP contribution in [0.4, 0.5) is 0 Å². The summed E-state index contributed by atoms with van der Waals surface area (Å²) in [6.07, 6.45) is 0. The summed E-state index contributed by atoms with van der Waals surface area (Å²) in [6.45, 7) is 9.37. The van der Waals surface area contributed by atoms with Crippen LogP contribution in [0.5, 0.6) is 0 Å². The van der Waals surface area contributed by atoms with Crippen molar-refractivity contribution in [2.45, 2.75) is 46.2 Å². The standard InChI is InChI=1S/C22H29ClN2O2S/c1-16(2)12-25(22(27)18(4)23)15-21(26)24(13-19-8-6-5-7-9-19)14-20-17(3)10-11-28-20/h5-11,16,18H,12-15H2,1-4H3. The lowest BCUT2D eigenvalue weighted by Gasteiger charge is -2.29. The van der Waals surface area contributed by atoms with Crippen molar-refractivity contribution in [2.75, 3.05) is 13.1 Å². The summed E-state index contributed by atoms with van der Waals surface area (Å²) >= 11 is 7.67. The maximum Gasteiger partial charge on any atom is 0.242 e. The van der Waals surface area contributed by atoms with Crippen LogP contribution in [0.2, 0.25) is 0 Å². The van der Waals surface area contributed by atoms with Crippen LogP contribution in [0.3, 0.4) is 0 Å². The predicted molar refractivity (Wildman–Crippen MR) is 116 cm³/mol. The van der Waals surface area contributed by atoms with Gasteiger partial charge in [-0.3, -0.25) is 9.59 Å². The zero-order chi connectivity index (χ0) is 20.7. The molecule has 0 saturated heterocycles. The summed E-state index contributed by atoms with van der Waals surface area (Å²) in [5.74, 6) is -0.00654. The lowest BCUT2D eigenvalue weighted by Crippen LogP contribution is -2.45. The molecule has 0 aliphatic rings. The van der Waals surface area contributed by atoms with Gasteiger partial charge in [-0.25, -0.2) is 0 Å². The number of halogens is 1. The van der Waals surface area contributed by atoms with Gasteiger partial charge in [0.1, 0.15) is 5.38 Å². The average Bonchev–Trinajstić information content (AvgIpc) is 3.05. The molecule has 0 bridgehead atoms. The Morgan fingerprint density at radius 2 is 1.71 bits per heavy atom. The molecule has 1 atom stereocenters. The SMILES string of the molecule is Cc1ccsc1CN(Cc1ccccc1)C(=O)CN(CC(C)C)C(=O)C(C)Cl. The maximum atomic E-state index is 13.2. The second-order valence-electron chi connectivity index (χ2n) is 7.49. The van der Waals surface area contributed by atoms with E-state index in [0.29, 0.717) is 19.6 Å². The van der Waals surface area contributed by atoms with Crippen LogP contribution in [0.25, 0.3) is 0 Å². The second kappa shape index (κ2) is 10.6. The fourth-order valence-corrected chi connectivity index (χ4v) is 4.02. The summed E-state index contributed by atoms with van der Waals surface area (Å²) in [4.78, 5) is 30.3. The minimum atomic E-state index is -0.645. The minimum absolute atomic E-state index is 0.0470. The molecule has 4 nitrogen and oxygen atoms in total. The van der Waals surface area contributed by atoms with E-state index in [1.165, 1.54) is 5.56 Å². The van der Waals surface area contributed by atoms with Gasteiger partial charge >= 0.3 is 0 Å². The molecule has 1 unspecified atom stereocenters. The Bertz CT molecular complexity index is 774. The van der Waals surface area contributed by atoms with E-state index in [-0.39, 0.29) is 24.3 Å². The van der Waals surface area contributed by atoms with Crippen molar-refractivity contribution in [3.63, 3.8) is 0 Å². The van der Waals surface area contributed by atoms with Gasteiger partial charge in [-0.15, -0.1) is 22.9 Å². The molecule has 0 radical (unpaired) electrons. The molecule has 1 aromatic carbocycles. The molecule has 0 N–H and O–H groups in total. The molecule has 2 rings (SSSR count). The van der Waals surface area contributed by atoms with Gasteiger partial charge in [0, 0.05) is 18.0 Å². The molecule has 152 valence electrons. The molecule has 0 aliphatic carbocycles. The molecule has 2 aromatic rings. The zero-order valence-corrected chi connectivity index (χ0v) is 18.6. The predicted octanol–water partition coefficient (Wildman–Crippen LogP) is 4.70. The molecule has 28 heavy (non-hydrogen) atoms. The van der Waals surface area contributed by atoms with Crippen molar-refractivity contribution in [1.29, 1.82) is 0 Å². The first-order valence-electron chi connectivity index (χ1n) is 9.55. The summed E-state index contributed by atoms with van der Waals surface area (Å²) in [5.41, 5.74) is 2.25. The average molecular weight is 421 g/mol. The molecule has 0 aliphatic heterocycles. The third-order valence-corrected chi connectivity index (χ3v) is 5.63.